The summed E-state index contributed by atoms with van der Waals surface area (Å²) >= 11 is 0. The molecule has 0 bridgehead atoms. The second-order valence-electron chi connectivity index (χ2n) is 7.72. The Morgan fingerprint density at radius 2 is 1.61 bits per heavy atom. The summed E-state index contributed by atoms with van der Waals surface area (Å²) in [5, 5.41) is 0. The topological polar surface area (TPSA) is 32.8 Å². The first-order valence-electron chi connectivity index (χ1n) is 10.4. The Bertz CT molecular complexity index is 733. The van der Waals surface area contributed by atoms with Gasteiger partial charge >= 0.3 is 0 Å². The zero-order valence-corrected chi connectivity index (χ0v) is 17.3. The molecule has 1 saturated heterocycles. The number of amides is 1. The van der Waals surface area contributed by atoms with Crippen LogP contribution < -0.4 is 4.74 Å². The van der Waals surface area contributed by atoms with Crippen molar-refractivity contribution in [2.45, 2.75) is 45.7 Å². The summed E-state index contributed by atoms with van der Waals surface area (Å²) in [7, 11) is 0. The highest BCUT2D eigenvalue weighted by Crippen LogP contribution is 2.19. The second-order valence-corrected chi connectivity index (χ2v) is 7.72. The minimum Gasteiger partial charge on any atom is -0.494 e. The van der Waals surface area contributed by atoms with E-state index >= 15 is 0 Å². The summed E-state index contributed by atoms with van der Waals surface area (Å²) in [6, 6.07) is 19.2. The highest BCUT2D eigenvalue weighted by atomic mass is 16.5. The fourth-order valence-electron chi connectivity index (χ4n) is 4.06. The van der Waals surface area contributed by atoms with E-state index in [1.165, 1.54) is 5.56 Å². The molecule has 3 rings (SSSR count). The Labute approximate surface area is 169 Å². The van der Waals surface area contributed by atoms with E-state index in [1.54, 1.807) is 0 Å². The molecule has 28 heavy (non-hydrogen) atoms. The molecule has 1 aliphatic rings. The quantitative estimate of drug-likeness (QED) is 0.733. The van der Waals surface area contributed by atoms with Gasteiger partial charge in [0.25, 0.3) is 0 Å². The predicted molar refractivity (Wildman–Crippen MR) is 114 cm³/mol. The number of carbonyl (C=O) groups is 1. The molecule has 4 heteroatoms. The first-order chi connectivity index (χ1) is 13.6. The number of benzene rings is 2. The summed E-state index contributed by atoms with van der Waals surface area (Å²) in [6.45, 7) is 9.73. The van der Waals surface area contributed by atoms with Crippen LogP contribution >= 0.6 is 0 Å². The minimum atomic E-state index is 0.213. The van der Waals surface area contributed by atoms with Crippen molar-refractivity contribution in [2.75, 3.05) is 26.2 Å². The zero-order valence-electron chi connectivity index (χ0n) is 17.3. The molecule has 1 amide bonds. The van der Waals surface area contributed by atoms with Gasteiger partial charge in [-0.15, -0.1) is 0 Å². The van der Waals surface area contributed by atoms with Crippen molar-refractivity contribution in [3.8, 4) is 5.75 Å². The largest absolute Gasteiger partial charge is 0.494 e. The van der Waals surface area contributed by atoms with Gasteiger partial charge in [0.2, 0.25) is 5.91 Å². The minimum absolute atomic E-state index is 0.213. The van der Waals surface area contributed by atoms with Crippen LogP contribution in [0.2, 0.25) is 0 Å². The maximum absolute atomic E-state index is 12.8. The molecule has 1 aliphatic heterocycles. The lowest BCUT2D eigenvalue weighted by molar-refractivity contribution is -0.134. The summed E-state index contributed by atoms with van der Waals surface area (Å²) < 4.78 is 5.48. The van der Waals surface area contributed by atoms with E-state index in [9.17, 15) is 4.79 Å². The van der Waals surface area contributed by atoms with Crippen molar-refractivity contribution in [3.05, 3.63) is 65.7 Å². The van der Waals surface area contributed by atoms with Crippen LogP contribution in [-0.2, 0) is 17.6 Å². The average Bonchev–Trinajstić information content (AvgIpc) is 2.69. The van der Waals surface area contributed by atoms with Gasteiger partial charge in [-0.3, -0.25) is 9.69 Å². The van der Waals surface area contributed by atoms with E-state index in [1.807, 2.05) is 36.1 Å². The zero-order chi connectivity index (χ0) is 19.9. The maximum Gasteiger partial charge on any atom is 0.227 e. The van der Waals surface area contributed by atoms with Crippen molar-refractivity contribution in [1.29, 1.82) is 0 Å². The number of rotatable bonds is 7. The molecular formula is C24H32N2O2. The van der Waals surface area contributed by atoms with Crippen LogP contribution in [0.1, 0.15) is 31.9 Å². The molecule has 4 nitrogen and oxygen atoms in total. The van der Waals surface area contributed by atoms with E-state index in [0.29, 0.717) is 25.1 Å². The lowest BCUT2D eigenvalue weighted by Crippen LogP contribution is -2.58. The molecule has 0 radical (unpaired) electrons. The number of carbonyl (C=O) groups excluding carboxylic acids is 1. The van der Waals surface area contributed by atoms with Gasteiger partial charge in [-0.2, -0.15) is 0 Å². The molecule has 0 spiro atoms. The third-order valence-corrected chi connectivity index (χ3v) is 5.55. The monoisotopic (exact) mass is 380 g/mol. The van der Waals surface area contributed by atoms with Crippen molar-refractivity contribution in [1.82, 2.24) is 9.80 Å². The van der Waals surface area contributed by atoms with Gasteiger partial charge in [-0.25, -0.2) is 0 Å². The fraction of sp³-hybridized carbons (Fsp3) is 0.458. The van der Waals surface area contributed by atoms with E-state index in [-0.39, 0.29) is 5.91 Å². The van der Waals surface area contributed by atoms with Crippen molar-refractivity contribution >= 4 is 5.91 Å². The Morgan fingerprint density at radius 3 is 2.21 bits per heavy atom. The number of nitrogens with zero attached hydrogens (tertiary/aromatic N) is 2. The highest BCUT2D eigenvalue weighted by molar-refractivity contribution is 5.79. The highest BCUT2D eigenvalue weighted by Gasteiger charge is 2.31. The average molecular weight is 381 g/mol. The normalized spacial score (nSPS) is 20.2. The second kappa shape index (κ2) is 9.74. The van der Waals surface area contributed by atoms with Crippen LogP contribution in [0.4, 0.5) is 0 Å². The van der Waals surface area contributed by atoms with Crippen molar-refractivity contribution < 1.29 is 9.53 Å². The van der Waals surface area contributed by atoms with Gasteiger partial charge in [-0.05, 0) is 50.5 Å². The Kier molecular flexibility index (Phi) is 7.10. The van der Waals surface area contributed by atoms with Crippen molar-refractivity contribution in [3.63, 3.8) is 0 Å². The van der Waals surface area contributed by atoms with Crippen LogP contribution in [0.15, 0.2) is 54.6 Å². The SMILES string of the molecule is CCOc1ccc(CC(=O)N2CC(C)N(CCc3ccccc3)C(C)C2)cc1. The van der Waals surface area contributed by atoms with Crippen LogP contribution in [-0.4, -0.2) is 54.0 Å². The molecule has 0 saturated carbocycles. The molecule has 2 atom stereocenters. The lowest BCUT2D eigenvalue weighted by atomic mass is 10.0. The molecule has 1 fully saturated rings. The molecular weight excluding hydrogens is 348 g/mol. The van der Waals surface area contributed by atoms with Gasteiger partial charge in [0.15, 0.2) is 0 Å². The molecule has 0 aromatic heterocycles. The molecule has 2 aromatic rings. The fourth-order valence-corrected chi connectivity index (χ4v) is 4.06. The van der Waals surface area contributed by atoms with Crippen LogP contribution in [0.3, 0.4) is 0 Å². The lowest BCUT2D eigenvalue weighted by Gasteiger charge is -2.44. The number of ether oxygens (including phenoxy) is 1. The van der Waals surface area contributed by atoms with Crippen LogP contribution in [0.5, 0.6) is 5.75 Å². The first kappa shape index (κ1) is 20.4. The van der Waals surface area contributed by atoms with Gasteiger partial charge < -0.3 is 9.64 Å². The van der Waals surface area contributed by atoms with E-state index < -0.39 is 0 Å². The standard InChI is InChI=1S/C24H32N2O2/c1-4-28-23-12-10-22(11-13-23)16-24(27)25-17-19(2)26(20(3)18-25)15-14-21-8-6-5-7-9-21/h5-13,19-20H,4,14-18H2,1-3H3. The summed E-state index contributed by atoms with van der Waals surface area (Å²) in [5.41, 5.74) is 2.41. The van der Waals surface area contributed by atoms with Crippen LogP contribution in [0, 0.1) is 0 Å². The molecule has 150 valence electrons. The predicted octanol–water partition coefficient (Wildman–Crippen LogP) is 3.79. The van der Waals surface area contributed by atoms with Gasteiger partial charge in [0.1, 0.15) is 5.75 Å². The van der Waals surface area contributed by atoms with Gasteiger partial charge in [-0.1, -0.05) is 42.5 Å². The van der Waals surface area contributed by atoms with E-state index in [2.05, 4.69) is 49.1 Å². The van der Waals surface area contributed by atoms with Crippen LogP contribution in [0.25, 0.3) is 0 Å². The Balaban J connectivity index is 1.53. The summed E-state index contributed by atoms with van der Waals surface area (Å²) in [6.07, 6.45) is 1.51. The third-order valence-electron chi connectivity index (χ3n) is 5.55. The Hall–Kier alpha value is -2.33. The number of piperazine rings is 1. The molecule has 2 unspecified atom stereocenters. The van der Waals surface area contributed by atoms with Gasteiger partial charge in [0.05, 0.1) is 13.0 Å². The van der Waals surface area contributed by atoms with Gasteiger partial charge in [0, 0.05) is 31.7 Å². The molecule has 0 N–H and O–H groups in total. The summed E-state index contributed by atoms with van der Waals surface area (Å²) in [5.74, 6) is 1.07. The van der Waals surface area contributed by atoms with E-state index in [0.717, 1.165) is 37.4 Å². The molecule has 0 aliphatic carbocycles. The van der Waals surface area contributed by atoms with E-state index in [4.69, 9.17) is 4.74 Å². The Morgan fingerprint density at radius 1 is 0.964 bits per heavy atom. The number of hydrogen-bond donors (Lipinski definition) is 0. The smallest absolute Gasteiger partial charge is 0.227 e. The molecule has 2 aromatic carbocycles. The number of hydrogen-bond acceptors (Lipinski definition) is 3. The first-order valence-corrected chi connectivity index (χ1v) is 10.4. The maximum atomic E-state index is 12.8. The molecule has 1 heterocycles. The van der Waals surface area contributed by atoms with Crippen molar-refractivity contribution in [2.24, 2.45) is 0 Å². The third kappa shape index (κ3) is 5.35. The summed E-state index contributed by atoms with van der Waals surface area (Å²) in [4.78, 5) is 17.4.